The summed E-state index contributed by atoms with van der Waals surface area (Å²) in [5.41, 5.74) is -0.933. The second kappa shape index (κ2) is 6.83. The Kier molecular flexibility index (Phi) is 6.51. The van der Waals surface area contributed by atoms with Crippen molar-refractivity contribution in [1.29, 1.82) is 0 Å². The minimum Gasteiger partial charge on any atom is -0.491 e. The number of benzene rings is 1. The predicted molar refractivity (Wildman–Crippen MR) is 65.4 cm³/mol. The van der Waals surface area contributed by atoms with Crippen LogP contribution in [-0.2, 0) is 0 Å². The molecule has 0 saturated heterocycles. The van der Waals surface area contributed by atoms with Gasteiger partial charge >= 0.3 is 0 Å². The first kappa shape index (κ1) is 16.2. The second-order valence-electron chi connectivity index (χ2n) is 3.98. The Labute approximate surface area is 113 Å². The molecule has 1 radical (unpaired) electrons. The summed E-state index contributed by atoms with van der Waals surface area (Å²) in [6.07, 6.45) is 0. The first-order valence-corrected chi connectivity index (χ1v) is 5.06. The van der Waals surface area contributed by atoms with Crippen molar-refractivity contribution >= 4 is 24.6 Å². The van der Waals surface area contributed by atoms with Crippen LogP contribution in [0, 0.1) is 0 Å². The molecule has 0 saturated carbocycles. The number of aliphatic hydroxyl groups excluding tert-OH is 1. The summed E-state index contributed by atoms with van der Waals surface area (Å²) in [7, 11) is 0. The molecular weight excluding hydrogens is 215 g/mol. The summed E-state index contributed by atoms with van der Waals surface area (Å²) in [6.45, 7) is 3.07. The Hall–Kier alpha value is -0.793. The molecule has 0 fully saturated rings. The molecule has 0 aromatic heterocycles. The summed E-state index contributed by atoms with van der Waals surface area (Å²) >= 11 is 0. The molecular formula is C12H16LiO4. The molecule has 0 atom stereocenters. The van der Waals surface area contributed by atoms with Crippen molar-refractivity contribution in [2.75, 3.05) is 13.2 Å². The fourth-order valence-electron chi connectivity index (χ4n) is 1.22. The van der Waals surface area contributed by atoms with Crippen molar-refractivity contribution in [3.8, 4) is 5.75 Å². The van der Waals surface area contributed by atoms with E-state index in [1.807, 2.05) is 0 Å². The van der Waals surface area contributed by atoms with E-state index in [1.54, 1.807) is 24.3 Å². The van der Waals surface area contributed by atoms with Gasteiger partial charge in [0.25, 0.3) is 0 Å². The first-order chi connectivity index (χ1) is 7.45. The van der Waals surface area contributed by atoms with E-state index in [0.29, 0.717) is 11.3 Å². The van der Waals surface area contributed by atoms with Crippen LogP contribution in [0.25, 0.3) is 0 Å². The number of ketones is 1. The zero-order chi connectivity index (χ0) is 12.2. The summed E-state index contributed by atoms with van der Waals surface area (Å²) < 4.78 is 5.15. The van der Waals surface area contributed by atoms with Crippen molar-refractivity contribution in [3.05, 3.63) is 29.8 Å². The van der Waals surface area contributed by atoms with E-state index in [0.717, 1.165) is 0 Å². The van der Waals surface area contributed by atoms with E-state index in [-0.39, 0.29) is 37.9 Å². The molecule has 1 aromatic rings. The van der Waals surface area contributed by atoms with Crippen LogP contribution in [-0.4, -0.2) is 53.7 Å². The molecule has 0 spiro atoms. The van der Waals surface area contributed by atoms with Gasteiger partial charge in [0.15, 0.2) is 5.78 Å². The SMILES string of the molecule is CC(C)(O)C(=O)c1ccc(OCCO)cc1.[Li]. The van der Waals surface area contributed by atoms with Crippen LogP contribution < -0.4 is 4.74 Å². The third-order valence-electron chi connectivity index (χ3n) is 2.03. The van der Waals surface area contributed by atoms with Crippen LogP contribution in [0.1, 0.15) is 24.2 Å². The smallest absolute Gasteiger partial charge is 0.193 e. The van der Waals surface area contributed by atoms with E-state index < -0.39 is 5.60 Å². The van der Waals surface area contributed by atoms with Crippen LogP contribution in [0.2, 0.25) is 0 Å². The topological polar surface area (TPSA) is 66.8 Å². The molecule has 0 heterocycles. The number of hydrogen-bond donors (Lipinski definition) is 2. The molecule has 4 nitrogen and oxygen atoms in total. The van der Waals surface area contributed by atoms with Crippen LogP contribution in [0.5, 0.6) is 5.75 Å². The molecule has 0 unspecified atom stereocenters. The van der Waals surface area contributed by atoms with Gasteiger partial charge in [-0.1, -0.05) is 0 Å². The summed E-state index contributed by atoms with van der Waals surface area (Å²) in [5, 5.41) is 18.1. The quantitative estimate of drug-likeness (QED) is 0.576. The fraction of sp³-hybridized carbons (Fsp3) is 0.417. The van der Waals surface area contributed by atoms with Gasteiger partial charge in [-0.05, 0) is 38.1 Å². The standard InChI is InChI=1S/C12H16O4.Li/c1-12(2,15)11(14)9-3-5-10(6-4-9)16-8-7-13;/h3-6,13,15H,7-8H2,1-2H3;. The molecule has 0 aliphatic carbocycles. The van der Waals surface area contributed by atoms with E-state index in [2.05, 4.69) is 0 Å². The molecule has 89 valence electrons. The Balaban J connectivity index is 0.00000256. The van der Waals surface area contributed by atoms with Gasteiger partial charge in [-0.25, -0.2) is 0 Å². The summed E-state index contributed by atoms with van der Waals surface area (Å²) in [4.78, 5) is 11.7. The number of rotatable bonds is 5. The Morgan fingerprint density at radius 3 is 2.24 bits per heavy atom. The first-order valence-electron chi connectivity index (χ1n) is 5.06. The van der Waals surface area contributed by atoms with Crippen LogP contribution in [0.3, 0.4) is 0 Å². The zero-order valence-electron chi connectivity index (χ0n) is 10.4. The molecule has 2 N–H and O–H groups in total. The number of Topliss-reactive ketones (excluding diaryl/α,β-unsaturated/α-hetero) is 1. The van der Waals surface area contributed by atoms with Gasteiger partial charge in [-0.2, -0.15) is 0 Å². The largest absolute Gasteiger partial charge is 0.491 e. The van der Waals surface area contributed by atoms with Gasteiger partial charge in [-0.15, -0.1) is 0 Å². The average molecular weight is 231 g/mol. The maximum Gasteiger partial charge on any atom is 0.193 e. The second-order valence-corrected chi connectivity index (χ2v) is 3.98. The number of ether oxygens (including phenoxy) is 1. The number of carbonyl (C=O) groups is 1. The van der Waals surface area contributed by atoms with Crippen molar-refractivity contribution in [3.63, 3.8) is 0 Å². The third kappa shape index (κ3) is 4.93. The van der Waals surface area contributed by atoms with Crippen LogP contribution in [0.4, 0.5) is 0 Å². The van der Waals surface area contributed by atoms with Gasteiger partial charge in [0.1, 0.15) is 18.0 Å². The molecule has 0 aliphatic rings. The van der Waals surface area contributed by atoms with Crippen LogP contribution >= 0.6 is 0 Å². The van der Waals surface area contributed by atoms with Gasteiger partial charge in [-0.3, -0.25) is 4.79 Å². The van der Waals surface area contributed by atoms with Gasteiger partial charge in [0, 0.05) is 24.4 Å². The Morgan fingerprint density at radius 2 is 1.82 bits per heavy atom. The molecule has 1 rings (SSSR count). The van der Waals surface area contributed by atoms with E-state index in [1.165, 1.54) is 13.8 Å². The molecule has 1 aromatic carbocycles. The minimum atomic E-state index is -1.37. The third-order valence-corrected chi connectivity index (χ3v) is 2.03. The van der Waals surface area contributed by atoms with Gasteiger partial charge in [0.2, 0.25) is 0 Å². The molecule has 17 heavy (non-hydrogen) atoms. The Bertz CT molecular complexity index is 354. The van der Waals surface area contributed by atoms with Crippen molar-refractivity contribution in [1.82, 2.24) is 0 Å². The normalized spacial score (nSPS) is 10.6. The zero-order valence-corrected chi connectivity index (χ0v) is 10.4. The molecule has 0 amide bonds. The van der Waals surface area contributed by atoms with Crippen molar-refractivity contribution in [2.45, 2.75) is 19.4 Å². The monoisotopic (exact) mass is 231 g/mol. The van der Waals surface area contributed by atoms with Crippen molar-refractivity contribution < 1.29 is 19.7 Å². The number of aliphatic hydroxyl groups is 2. The molecule has 5 heteroatoms. The number of hydrogen-bond acceptors (Lipinski definition) is 4. The van der Waals surface area contributed by atoms with E-state index >= 15 is 0 Å². The summed E-state index contributed by atoms with van der Waals surface area (Å²) in [6, 6.07) is 6.45. The van der Waals surface area contributed by atoms with Crippen LogP contribution in [0.15, 0.2) is 24.3 Å². The minimum absolute atomic E-state index is 0. The average Bonchev–Trinajstić information content (AvgIpc) is 2.25. The van der Waals surface area contributed by atoms with Gasteiger partial charge < -0.3 is 14.9 Å². The summed E-state index contributed by atoms with van der Waals surface area (Å²) in [5.74, 6) is 0.252. The van der Waals surface area contributed by atoms with E-state index in [4.69, 9.17) is 9.84 Å². The molecule has 0 aliphatic heterocycles. The molecule has 0 bridgehead atoms. The Morgan fingerprint density at radius 1 is 1.29 bits per heavy atom. The van der Waals surface area contributed by atoms with E-state index in [9.17, 15) is 9.90 Å². The van der Waals surface area contributed by atoms with Crippen molar-refractivity contribution in [2.24, 2.45) is 0 Å². The van der Waals surface area contributed by atoms with Gasteiger partial charge in [0.05, 0.1) is 6.61 Å². The number of carbonyl (C=O) groups excluding carboxylic acids is 1. The maximum absolute atomic E-state index is 11.7. The maximum atomic E-state index is 11.7. The fourth-order valence-corrected chi connectivity index (χ4v) is 1.22. The predicted octanol–water partition coefficient (Wildman–Crippen LogP) is 0.630.